The molecule has 0 saturated heterocycles. The Labute approximate surface area is 192 Å². The molecular formula is C23H53BrN2O3. The number of aliphatic hydroxyl groups is 3. The summed E-state index contributed by atoms with van der Waals surface area (Å²) in [4.78, 5) is 0. The molecule has 0 aromatic heterocycles. The van der Waals surface area contributed by atoms with Crippen LogP contribution in [0.5, 0.6) is 0 Å². The van der Waals surface area contributed by atoms with Crippen LogP contribution in [0, 0.1) is 0 Å². The molecule has 29 heavy (non-hydrogen) atoms. The Balaban J connectivity index is -0.000000636. The second kappa shape index (κ2) is 23.0. The minimum atomic E-state index is -1.21. The van der Waals surface area contributed by atoms with Crippen molar-refractivity contribution in [3.63, 3.8) is 0 Å². The zero-order valence-electron chi connectivity index (χ0n) is 20.0. The van der Waals surface area contributed by atoms with Gasteiger partial charge in [0.05, 0.1) is 53.0 Å². The number of halogens is 1. The van der Waals surface area contributed by atoms with Crippen LogP contribution in [-0.2, 0) is 0 Å². The van der Waals surface area contributed by atoms with Crippen LogP contribution >= 0.6 is 0 Å². The summed E-state index contributed by atoms with van der Waals surface area (Å²) < 4.78 is 1.12. The Hall–Kier alpha value is 0.280. The van der Waals surface area contributed by atoms with Crippen molar-refractivity contribution in [2.75, 3.05) is 47.5 Å². The van der Waals surface area contributed by atoms with Gasteiger partial charge in [0.2, 0.25) is 0 Å². The van der Waals surface area contributed by atoms with Crippen LogP contribution in [0.3, 0.4) is 0 Å². The first-order chi connectivity index (χ1) is 13.2. The largest absolute Gasteiger partial charge is 1.00 e. The van der Waals surface area contributed by atoms with E-state index in [1.54, 1.807) is 0 Å². The lowest BCUT2D eigenvalue weighted by atomic mass is 10.0. The molecule has 0 aromatic carbocycles. The highest BCUT2D eigenvalue weighted by Gasteiger charge is 2.20. The van der Waals surface area contributed by atoms with Crippen LogP contribution < -0.4 is 22.7 Å². The Morgan fingerprint density at radius 1 is 0.586 bits per heavy atom. The average molecular weight is 486 g/mol. The van der Waals surface area contributed by atoms with E-state index in [1.807, 2.05) is 0 Å². The summed E-state index contributed by atoms with van der Waals surface area (Å²) in [5.74, 6) is 0. The molecule has 0 atom stereocenters. The second-order valence-electron chi connectivity index (χ2n) is 9.45. The number of unbranched alkanes of at least 4 members (excludes halogenated alkanes) is 13. The zero-order chi connectivity index (χ0) is 21.7. The minimum absolute atomic E-state index is 0. The summed E-state index contributed by atoms with van der Waals surface area (Å²) in [5, 5.41) is 25.0. The van der Waals surface area contributed by atoms with Crippen LogP contribution in [0.25, 0.3) is 0 Å². The van der Waals surface area contributed by atoms with Crippen LogP contribution in [0.15, 0.2) is 0 Å². The lowest BCUT2D eigenvalue weighted by Crippen LogP contribution is -3.00. The van der Waals surface area contributed by atoms with Crippen molar-refractivity contribution in [3.05, 3.63) is 0 Å². The van der Waals surface area contributed by atoms with Crippen molar-refractivity contribution in [1.82, 2.24) is 0 Å². The van der Waals surface area contributed by atoms with E-state index in [9.17, 15) is 0 Å². The number of quaternary nitrogens is 1. The van der Waals surface area contributed by atoms with Crippen molar-refractivity contribution in [3.8, 4) is 0 Å². The van der Waals surface area contributed by atoms with Crippen molar-refractivity contribution in [1.29, 1.82) is 0 Å². The monoisotopic (exact) mass is 484 g/mol. The highest BCUT2D eigenvalue weighted by atomic mass is 79.9. The molecule has 0 radical (unpaired) electrons. The van der Waals surface area contributed by atoms with Gasteiger partial charge in [-0.1, -0.05) is 84.0 Å². The van der Waals surface area contributed by atoms with Crippen LogP contribution in [-0.4, -0.2) is 72.8 Å². The van der Waals surface area contributed by atoms with Gasteiger partial charge in [-0.15, -0.1) is 0 Å². The molecule has 6 heteroatoms. The van der Waals surface area contributed by atoms with Crippen LogP contribution in [0.4, 0.5) is 0 Å². The number of hydrogen-bond acceptors (Lipinski definition) is 4. The molecule has 0 heterocycles. The van der Waals surface area contributed by atoms with Gasteiger partial charge < -0.3 is 42.5 Å². The van der Waals surface area contributed by atoms with E-state index in [2.05, 4.69) is 28.1 Å². The summed E-state index contributed by atoms with van der Waals surface area (Å²) in [6, 6.07) is 0. The van der Waals surface area contributed by atoms with Gasteiger partial charge in [-0.25, -0.2) is 0 Å². The topological polar surface area (TPSA) is 86.7 Å². The minimum Gasteiger partial charge on any atom is -1.00 e. The third-order valence-corrected chi connectivity index (χ3v) is 5.13. The molecule has 5 nitrogen and oxygen atoms in total. The fraction of sp³-hybridized carbons (Fsp3) is 1.00. The third kappa shape index (κ3) is 28.3. The number of nitrogens with zero attached hydrogens (tertiary/aromatic N) is 1. The molecule has 0 fully saturated rings. The molecule has 0 aromatic rings. The summed E-state index contributed by atoms with van der Waals surface area (Å²) in [6.07, 6.45) is 20.4. The maximum Gasteiger partial charge on any atom is 0.0856 e. The van der Waals surface area contributed by atoms with Gasteiger partial charge in [0.15, 0.2) is 0 Å². The SMILES string of the molecule is CCCCCCCCCCCCCCCC[N+](C)(C)C.NC(CO)(CO)CO.[Br-]. The molecule has 0 rings (SSSR count). The van der Waals surface area contributed by atoms with E-state index in [0.29, 0.717) is 0 Å². The molecule has 0 aliphatic heterocycles. The standard InChI is InChI=1S/C19H42N.C4H11NO3.BrH/c1-5-6-7-8-9-10-11-12-13-14-15-16-17-18-19-20(2,3)4;5-4(1-6,2-7)3-8;/h5-19H2,1-4H3;6-8H,1-3,5H2;1H/q+1;;/p-1. The molecule has 180 valence electrons. The van der Waals surface area contributed by atoms with E-state index in [4.69, 9.17) is 21.1 Å². The normalized spacial score (nSPS) is 11.6. The van der Waals surface area contributed by atoms with E-state index in [0.717, 1.165) is 4.48 Å². The molecule has 5 N–H and O–H groups in total. The smallest absolute Gasteiger partial charge is 0.0856 e. The van der Waals surface area contributed by atoms with E-state index < -0.39 is 25.4 Å². The summed E-state index contributed by atoms with van der Waals surface area (Å²) in [5.41, 5.74) is 3.94. The van der Waals surface area contributed by atoms with Gasteiger partial charge in [-0.05, 0) is 12.8 Å². The quantitative estimate of drug-likeness (QED) is 0.171. The molecule has 0 unspecified atom stereocenters. The molecule has 0 aliphatic carbocycles. The molecule has 0 aliphatic rings. The van der Waals surface area contributed by atoms with Gasteiger partial charge in [0, 0.05) is 0 Å². The Morgan fingerprint density at radius 3 is 1.07 bits per heavy atom. The first-order valence-corrected chi connectivity index (χ1v) is 11.7. The highest BCUT2D eigenvalue weighted by Crippen LogP contribution is 2.13. The van der Waals surface area contributed by atoms with Gasteiger partial charge in [0.1, 0.15) is 0 Å². The third-order valence-electron chi connectivity index (χ3n) is 5.13. The van der Waals surface area contributed by atoms with Gasteiger partial charge in [0.25, 0.3) is 0 Å². The van der Waals surface area contributed by atoms with Crippen molar-refractivity contribution < 1.29 is 36.8 Å². The van der Waals surface area contributed by atoms with E-state index in [1.165, 1.54) is 96.4 Å². The van der Waals surface area contributed by atoms with Crippen molar-refractivity contribution in [2.24, 2.45) is 5.73 Å². The maximum atomic E-state index is 8.34. The predicted octanol–water partition coefficient (Wildman–Crippen LogP) is 0.839. The lowest BCUT2D eigenvalue weighted by Gasteiger charge is -2.23. The van der Waals surface area contributed by atoms with E-state index in [-0.39, 0.29) is 17.0 Å². The zero-order valence-corrected chi connectivity index (χ0v) is 21.6. The first-order valence-electron chi connectivity index (χ1n) is 11.7. The van der Waals surface area contributed by atoms with Gasteiger partial charge >= 0.3 is 0 Å². The second-order valence-corrected chi connectivity index (χ2v) is 9.45. The molecular weight excluding hydrogens is 432 g/mol. The Kier molecular flexibility index (Phi) is 26.8. The van der Waals surface area contributed by atoms with Gasteiger partial charge in [-0.3, -0.25) is 0 Å². The summed E-state index contributed by atoms with van der Waals surface area (Å²) >= 11 is 0. The van der Waals surface area contributed by atoms with Crippen LogP contribution in [0.2, 0.25) is 0 Å². The number of rotatable bonds is 18. The average Bonchev–Trinajstić information content (AvgIpc) is 2.67. The number of hydrogen-bond donors (Lipinski definition) is 4. The first kappa shape index (κ1) is 33.9. The summed E-state index contributed by atoms with van der Waals surface area (Å²) in [7, 11) is 6.88. The highest BCUT2D eigenvalue weighted by molar-refractivity contribution is 4.80. The van der Waals surface area contributed by atoms with Crippen LogP contribution in [0.1, 0.15) is 96.8 Å². The number of aliphatic hydroxyl groups excluding tert-OH is 3. The predicted molar refractivity (Wildman–Crippen MR) is 121 cm³/mol. The molecule has 0 spiro atoms. The van der Waals surface area contributed by atoms with Crippen molar-refractivity contribution in [2.45, 2.75) is 102 Å². The van der Waals surface area contributed by atoms with Crippen molar-refractivity contribution >= 4 is 0 Å². The lowest BCUT2D eigenvalue weighted by molar-refractivity contribution is -0.870. The molecule has 0 bridgehead atoms. The van der Waals surface area contributed by atoms with E-state index >= 15 is 0 Å². The fourth-order valence-electron chi connectivity index (χ4n) is 2.93. The Bertz CT molecular complexity index is 301. The Morgan fingerprint density at radius 2 is 0.862 bits per heavy atom. The maximum absolute atomic E-state index is 8.34. The number of nitrogens with two attached hydrogens (primary N) is 1. The summed E-state index contributed by atoms with van der Waals surface area (Å²) in [6.45, 7) is 2.42. The molecule has 0 saturated carbocycles. The fourth-order valence-corrected chi connectivity index (χ4v) is 2.93. The molecule has 0 amide bonds. The van der Waals surface area contributed by atoms with Gasteiger partial charge in [-0.2, -0.15) is 0 Å².